The molecule has 1 aliphatic carbocycles. The minimum Gasteiger partial charge on any atom is -0.352 e. The average Bonchev–Trinajstić information content (AvgIpc) is 2.96. The Morgan fingerprint density at radius 3 is 2.85 bits per heavy atom. The fraction of sp³-hybridized carbons (Fsp3) is 0.500. The van der Waals surface area contributed by atoms with E-state index in [1.807, 2.05) is 17.5 Å². The zero-order valence-corrected chi connectivity index (χ0v) is 12.1. The van der Waals surface area contributed by atoms with E-state index in [2.05, 4.69) is 20.5 Å². The summed E-state index contributed by atoms with van der Waals surface area (Å²) in [5.74, 6) is 0.497. The molecule has 2 heterocycles. The average molecular weight is 290 g/mol. The molecule has 0 radical (unpaired) electrons. The van der Waals surface area contributed by atoms with Gasteiger partial charge >= 0.3 is 0 Å². The number of rotatable bonds is 4. The van der Waals surface area contributed by atoms with E-state index < -0.39 is 0 Å². The Hall–Kier alpha value is -1.69. The summed E-state index contributed by atoms with van der Waals surface area (Å²) < 4.78 is 0. The molecular formula is C14H18N4OS. The standard InChI is InChI=1S/C14H18N4OS/c19-13-12(9-11-7-4-8-20-11)17-18-14(16-13)15-10-5-2-1-3-6-10/h4,7-8,10H,1-3,5-6,9H2,(H2,15,16,18,19). The van der Waals surface area contributed by atoms with Crippen molar-refractivity contribution in [3.05, 3.63) is 38.4 Å². The van der Waals surface area contributed by atoms with E-state index >= 15 is 0 Å². The van der Waals surface area contributed by atoms with Crippen molar-refractivity contribution < 1.29 is 0 Å². The fourth-order valence-electron chi connectivity index (χ4n) is 2.56. The number of H-pyrrole nitrogens is 1. The zero-order valence-electron chi connectivity index (χ0n) is 11.3. The molecule has 0 aromatic carbocycles. The highest BCUT2D eigenvalue weighted by Crippen LogP contribution is 2.19. The third-order valence-corrected chi connectivity index (χ3v) is 4.51. The van der Waals surface area contributed by atoms with E-state index in [0.29, 0.717) is 24.1 Å². The molecule has 0 spiro atoms. The van der Waals surface area contributed by atoms with Gasteiger partial charge in [-0.05, 0) is 24.3 Å². The van der Waals surface area contributed by atoms with E-state index in [0.717, 1.165) is 17.7 Å². The topological polar surface area (TPSA) is 70.7 Å². The maximum atomic E-state index is 12.0. The van der Waals surface area contributed by atoms with Crippen molar-refractivity contribution in [1.29, 1.82) is 0 Å². The van der Waals surface area contributed by atoms with E-state index in [-0.39, 0.29) is 5.56 Å². The summed E-state index contributed by atoms with van der Waals surface area (Å²) >= 11 is 1.62. The summed E-state index contributed by atoms with van der Waals surface area (Å²) in [7, 11) is 0. The summed E-state index contributed by atoms with van der Waals surface area (Å²) in [6.07, 6.45) is 6.61. The maximum absolute atomic E-state index is 12.0. The van der Waals surface area contributed by atoms with Crippen LogP contribution in [0.2, 0.25) is 0 Å². The molecule has 5 nitrogen and oxygen atoms in total. The van der Waals surface area contributed by atoms with Crippen molar-refractivity contribution in [2.75, 3.05) is 5.32 Å². The zero-order chi connectivity index (χ0) is 13.8. The SMILES string of the molecule is O=c1[nH]c(NC2CCCCC2)nnc1Cc1cccs1. The Kier molecular flexibility index (Phi) is 4.11. The molecule has 6 heteroatoms. The molecule has 0 amide bonds. The van der Waals surface area contributed by atoms with Gasteiger partial charge in [-0.3, -0.25) is 9.78 Å². The van der Waals surface area contributed by atoms with E-state index in [4.69, 9.17) is 0 Å². The number of aromatic amines is 1. The van der Waals surface area contributed by atoms with Crippen LogP contribution in [0.3, 0.4) is 0 Å². The molecule has 0 atom stereocenters. The lowest BCUT2D eigenvalue weighted by molar-refractivity contribution is 0.460. The molecule has 1 saturated carbocycles. The van der Waals surface area contributed by atoms with Crippen LogP contribution in [0.5, 0.6) is 0 Å². The number of hydrogen-bond acceptors (Lipinski definition) is 5. The number of thiophene rings is 1. The molecule has 0 unspecified atom stereocenters. The summed E-state index contributed by atoms with van der Waals surface area (Å²) in [4.78, 5) is 15.9. The minimum absolute atomic E-state index is 0.147. The summed E-state index contributed by atoms with van der Waals surface area (Å²) in [5, 5.41) is 13.4. The van der Waals surface area contributed by atoms with Crippen LogP contribution in [0.15, 0.2) is 22.3 Å². The molecule has 1 fully saturated rings. The summed E-state index contributed by atoms with van der Waals surface area (Å²) in [5.41, 5.74) is 0.327. The molecule has 0 saturated heterocycles. The number of anilines is 1. The molecule has 2 N–H and O–H groups in total. The van der Waals surface area contributed by atoms with Crippen LogP contribution in [0.4, 0.5) is 5.95 Å². The number of nitrogens with one attached hydrogen (secondary N) is 2. The number of nitrogens with zero attached hydrogens (tertiary/aromatic N) is 2. The highest BCUT2D eigenvalue weighted by Gasteiger charge is 2.14. The minimum atomic E-state index is -0.147. The van der Waals surface area contributed by atoms with Crippen LogP contribution >= 0.6 is 11.3 Å². The fourth-order valence-corrected chi connectivity index (χ4v) is 3.27. The molecule has 0 aliphatic heterocycles. The third kappa shape index (κ3) is 3.25. The quantitative estimate of drug-likeness (QED) is 0.908. The van der Waals surface area contributed by atoms with E-state index in [9.17, 15) is 4.79 Å². The summed E-state index contributed by atoms with van der Waals surface area (Å²) in [6.45, 7) is 0. The number of hydrogen-bond donors (Lipinski definition) is 2. The molecule has 2 aromatic rings. The van der Waals surface area contributed by atoms with Crippen LogP contribution in [0.1, 0.15) is 42.7 Å². The smallest absolute Gasteiger partial charge is 0.274 e. The van der Waals surface area contributed by atoms with Gasteiger partial charge in [0, 0.05) is 17.3 Å². The highest BCUT2D eigenvalue weighted by molar-refractivity contribution is 7.09. The monoisotopic (exact) mass is 290 g/mol. The highest BCUT2D eigenvalue weighted by atomic mass is 32.1. The molecule has 20 heavy (non-hydrogen) atoms. The molecule has 106 valence electrons. The predicted octanol–water partition coefficient (Wildman–Crippen LogP) is 2.56. The lowest BCUT2D eigenvalue weighted by Crippen LogP contribution is -2.27. The Balaban J connectivity index is 1.68. The third-order valence-electron chi connectivity index (χ3n) is 3.63. The summed E-state index contributed by atoms with van der Waals surface area (Å²) in [6, 6.07) is 4.39. The second kappa shape index (κ2) is 6.17. The lowest BCUT2D eigenvalue weighted by atomic mass is 9.96. The Labute approximate surface area is 121 Å². The Morgan fingerprint density at radius 2 is 2.15 bits per heavy atom. The Bertz CT molecular complexity index is 602. The van der Waals surface area contributed by atoms with Crippen LogP contribution in [0, 0.1) is 0 Å². The van der Waals surface area contributed by atoms with Gasteiger partial charge in [-0.2, -0.15) is 0 Å². The van der Waals surface area contributed by atoms with E-state index in [1.165, 1.54) is 19.3 Å². The first kappa shape index (κ1) is 13.3. The second-order valence-corrected chi connectivity index (χ2v) is 6.22. The van der Waals surface area contributed by atoms with Gasteiger partial charge < -0.3 is 5.32 Å². The first-order valence-electron chi connectivity index (χ1n) is 7.06. The van der Waals surface area contributed by atoms with E-state index in [1.54, 1.807) is 11.3 Å². The predicted molar refractivity (Wildman–Crippen MR) is 80.3 cm³/mol. The lowest BCUT2D eigenvalue weighted by Gasteiger charge is -2.22. The first-order valence-corrected chi connectivity index (χ1v) is 7.94. The van der Waals surface area contributed by atoms with Gasteiger partial charge in [0.15, 0.2) is 0 Å². The van der Waals surface area contributed by atoms with Gasteiger partial charge in [0.25, 0.3) is 5.56 Å². The first-order chi connectivity index (χ1) is 9.81. The van der Waals surface area contributed by atoms with Crippen LogP contribution in [-0.2, 0) is 6.42 Å². The maximum Gasteiger partial charge on any atom is 0.274 e. The second-order valence-electron chi connectivity index (χ2n) is 5.18. The molecule has 1 aliphatic rings. The molecular weight excluding hydrogens is 272 g/mol. The van der Waals surface area contributed by atoms with Gasteiger partial charge in [0.05, 0.1) is 0 Å². The van der Waals surface area contributed by atoms with Gasteiger partial charge in [-0.15, -0.1) is 21.5 Å². The van der Waals surface area contributed by atoms with Crippen molar-refractivity contribution >= 4 is 17.3 Å². The Morgan fingerprint density at radius 1 is 1.30 bits per heavy atom. The molecule has 0 bridgehead atoms. The molecule has 2 aromatic heterocycles. The molecule has 3 rings (SSSR count). The van der Waals surface area contributed by atoms with Crippen LogP contribution < -0.4 is 10.9 Å². The van der Waals surface area contributed by atoms with Gasteiger partial charge in [-0.25, -0.2) is 0 Å². The van der Waals surface area contributed by atoms with Gasteiger partial charge in [0.2, 0.25) is 5.95 Å². The van der Waals surface area contributed by atoms with Crippen molar-refractivity contribution in [2.45, 2.75) is 44.6 Å². The van der Waals surface area contributed by atoms with Crippen molar-refractivity contribution in [3.63, 3.8) is 0 Å². The van der Waals surface area contributed by atoms with Crippen molar-refractivity contribution in [3.8, 4) is 0 Å². The van der Waals surface area contributed by atoms with Crippen LogP contribution in [-0.4, -0.2) is 21.2 Å². The van der Waals surface area contributed by atoms with Gasteiger partial charge in [-0.1, -0.05) is 25.3 Å². The largest absolute Gasteiger partial charge is 0.352 e. The van der Waals surface area contributed by atoms with Crippen molar-refractivity contribution in [2.24, 2.45) is 0 Å². The van der Waals surface area contributed by atoms with Gasteiger partial charge in [0.1, 0.15) is 5.69 Å². The van der Waals surface area contributed by atoms with Crippen LogP contribution in [0.25, 0.3) is 0 Å². The number of aromatic nitrogens is 3. The van der Waals surface area contributed by atoms with Crippen molar-refractivity contribution in [1.82, 2.24) is 15.2 Å². The normalized spacial score (nSPS) is 16.2.